The van der Waals surface area contributed by atoms with E-state index < -0.39 is 11.7 Å². The predicted molar refractivity (Wildman–Crippen MR) is 53.1 cm³/mol. The average molecular weight is 225 g/mol. The van der Waals surface area contributed by atoms with Crippen molar-refractivity contribution < 1.29 is 19.7 Å². The van der Waals surface area contributed by atoms with Crippen LogP contribution in [0.15, 0.2) is 17.0 Å². The Morgan fingerprint density at radius 1 is 1.60 bits per heavy atom. The fourth-order valence-corrected chi connectivity index (χ4v) is 1.46. The number of rotatable bonds is 3. The fraction of sp³-hybridized carbons (Fsp3) is 0.111. The Morgan fingerprint density at radius 3 is 2.73 bits per heavy atom. The molecule has 1 aromatic carbocycles. The summed E-state index contributed by atoms with van der Waals surface area (Å²) in [5, 5.41) is 28.5. The Kier molecular flexibility index (Phi) is 3.42. The van der Waals surface area contributed by atoms with Gasteiger partial charge in [-0.2, -0.15) is 5.26 Å². The molecule has 15 heavy (non-hydrogen) atoms. The van der Waals surface area contributed by atoms with Gasteiger partial charge < -0.3 is 14.9 Å². The van der Waals surface area contributed by atoms with E-state index in [1.165, 1.54) is 19.2 Å². The van der Waals surface area contributed by atoms with Crippen LogP contribution in [0.1, 0.15) is 10.4 Å². The number of carbonyl (C=O) groups is 1. The van der Waals surface area contributed by atoms with Gasteiger partial charge in [0.1, 0.15) is 11.0 Å². The van der Waals surface area contributed by atoms with Crippen molar-refractivity contribution in [1.29, 1.82) is 5.26 Å². The number of thiocyanates is 1. The van der Waals surface area contributed by atoms with Gasteiger partial charge in [0.25, 0.3) is 0 Å². The van der Waals surface area contributed by atoms with E-state index in [0.717, 1.165) is 11.8 Å². The van der Waals surface area contributed by atoms with Crippen molar-refractivity contribution >= 4 is 17.7 Å². The Balaban J connectivity index is 3.33. The van der Waals surface area contributed by atoms with Crippen LogP contribution >= 0.6 is 11.8 Å². The first-order valence-corrected chi connectivity index (χ1v) is 4.62. The SMILES string of the molecule is COc1cc(SC#N)cc(C(=O)O)c1O. The number of thioether (sulfide) groups is 1. The molecule has 78 valence electrons. The van der Waals surface area contributed by atoms with Gasteiger partial charge in [0.05, 0.1) is 7.11 Å². The first kappa shape index (κ1) is 11.2. The van der Waals surface area contributed by atoms with E-state index in [-0.39, 0.29) is 11.3 Å². The third-order valence-electron chi connectivity index (χ3n) is 1.66. The molecule has 0 unspecified atom stereocenters. The molecule has 0 aliphatic carbocycles. The van der Waals surface area contributed by atoms with Crippen LogP contribution in [-0.4, -0.2) is 23.3 Å². The van der Waals surface area contributed by atoms with Gasteiger partial charge >= 0.3 is 5.97 Å². The number of nitrogens with zero attached hydrogens (tertiary/aromatic N) is 1. The maximum Gasteiger partial charge on any atom is 0.339 e. The summed E-state index contributed by atoms with van der Waals surface area (Å²) in [6, 6.07) is 2.61. The minimum atomic E-state index is -1.27. The van der Waals surface area contributed by atoms with E-state index in [0.29, 0.717) is 4.90 Å². The maximum atomic E-state index is 10.7. The van der Waals surface area contributed by atoms with Crippen LogP contribution in [0.4, 0.5) is 0 Å². The smallest absolute Gasteiger partial charge is 0.339 e. The molecule has 0 aromatic heterocycles. The van der Waals surface area contributed by atoms with Crippen molar-refractivity contribution in [3.8, 4) is 16.9 Å². The van der Waals surface area contributed by atoms with Crippen LogP contribution < -0.4 is 4.74 Å². The number of hydrogen-bond acceptors (Lipinski definition) is 5. The quantitative estimate of drug-likeness (QED) is 0.600. The molecule has 1 rings (SSSR count). The largest absolute Gasteiger partial charge is 0.504 e. The highest BCUT2D eigenvalue weighted by molar-refractivity contribution is 8.03. The highest BCUT2D eigenvalue weighted by atomic mass is 32.2. The van der Waals surface area contributed by atoms with E-state index in [9.17, 15) is 9.90 Å². The Hall–Kier alpha value is -1.87. The Labute approximate surface area is 89.9 Å². The number of aromatic carboxylic acids is 1. The van der Waals surface area contributed by atoms with Crippen LogP contribution in [0.3, 0.4) is 0 Å². The molecule has 0 spiro atoms. The summed E-state index contributed by atoms with van der Waals surface area (Å²) in [4.78, 5) is 11.1. The Bertz CT molecular complexity index is 438. The number of carboxylic acid groups (broad SMARTS) is 1. The lowest BCUT2D eigenvalue weighted by atomic mass is 10.2. The molecule has 2 N–H and O–H groups in total. The highest BCUT2D eigenvalue weighted by Crippen LogP contribution is 2.34. The van der Waals surface area contributed by atoms with Gasteiger partial charge in [0.2, 0.25) is 0 Å². The first-order chi connectivity index (χ1) is 7.10. The number of methoxy groups -OCH3 is 1. The van der Waals surface area contributed by atoms with Gasteiger partial charge in [0, 0.05) is 4.90 Å². The maximum absolute atomic E-state index is 10.7. The molecule has 0 atom stereocenters. The van der Waals surface area contributed by atoms with E-state index in [4.69, 9.17) is 15.1 Å². The van der Waals surface area contributed by atoms with E-state index >= 15 is 0 Å². The van der Waals surface area contributed by atoms with Crippen molar-refractivity contribution in [1.82, 2.24) is 0 Å². The molecule has 6 heteroatoms. The predicted octanol–water partition coefficient (Wildman–Crippen LogP) is 1.67. The number of nitriles is 1. The van der Waals surface area contributed by atoms with Gasteiger partial charge in [-0.15, -0.1) is 0 Å². The third kappa shape index (κ3) is 2.33. The molecule has 0 fully saturated rings. The van der Waals surface area contributed by atoms with Crippen molar-refractivity contribution in [2.24, 2.45) is 0 Å². The molecule has 0 bridgehead atoms. The monoisotopic (exact) mass is 225 g/mol. The van der Waals surface area contributed by atoms with Gasteiger partial charge in [-0.1, -0.05) is 0 Å². The molecule has 0 saturated carbocycles. The number of ether oxygens (including phenoxy) is 1. The lowest BCUT2D eigenvalue weighted by Crippen LogP contribution is -1.98. The molecule has 5 nitrogen and oxygen atoms in total. The van der Waals surface area contributed by atoms with Crippen LogP contribution in [0.2, 0.25) is 0 Å². The zero-order chi connectivity index (χ0) is 11.4. The summed E-state index contributed by atoms with van der Waals surface area (Å²) in [6.45, 7) is 0. The van der Waals surface area contributed by atoms with E-state index in [2.05, 4.69) is 0 Å². The van der Waals surface area contributed by atoms with Crippen LogP contribution in [0.25, 0.3) is 0 Å². The number of benzene rings is 1. The van der Waals surface area contributed by atoms with Gasteiger partial charge in [-0.05, 0) is 23.9 Å². The van der Waals surface area contributed by atoms with Crippen LogP contribution in [0, 0.1) is 10.7 Å². The molecule has 0 aliphatic heterocycles. The summed E-state index contributed by atoms with van der Waals surface area (Å²) in [6.07, 6.45) is 0. The topological polar surface area (TPSA) is 90.5 Å². The number of phenols is 1. The molecule has 0 radical (unpaired) electrons. The standard InChI is InChI=1S/C9H7NO4S/c1-14-7-3-5(15-4-10)2-6(8(7)11)9(12)13/h2-3,11H,1H3,(H,12,13). The second-order valence-electron chi connectivity index (χ2n) is 2.52. The van der Waals surface area contributed by atoms with Gasteiger partial charge in [-0.3, -0.25) is 0 Å². The molecule has 0 heterocycles. The molecular formula is C9H7NO4S. The van der Waals surface area contributed by atoms with Crippen molar-refractivity contribution in [2.45, 2.75) is 4.90 Å². The van der Waals surface area contributed by atoms with Gasteiger partial charge in [0.15, 0.2) is 11.5 Å². The molecular weight excluding hydrogens is 218 g/mol. The van der Waals surface area contributed by atoms with E-state index in [1.54, 1.807) is 0 Å². The molecule has 0 amide bonds. The average Bonchev–Trinajstić information content (AvgIpc) is 2.20. The van der Waals surface area contributed by atoms with Crippen LogP contribution in [0.5, 0.6) is 11.5 Å². The summed E-state index contributed by atoms with van der Waals surface area (Å²) in [5.74, 6) is -1.67. The second-order valence-corrected chi connectivity index (χ2v) is 3.38. The van der Waals surface area contributed by atoms with Gasteiger partial charge in [-0.25, -0.2) is 4.79 Å². The number of hydrogen-bond donors (Lipinski definition) is 2. The Morgan fingerprint density at radius 2 is 2.27 bits per heavy atom. The minimum Gasteiger partial charge on any atom is -0.504 e. The fourth-order valence-electron chi connectivity index (χ4n) is 1.01. The normalized spacial score (nSPS) is 9.33. The number of carboxylic acids is 1. The zero-order valence-corrected chi connectivity index (χ0v) is 8.54. The van der Waals surface area contributed by atoms with Crippen molar-refractivity contribution in [3.63, 3.8) is 0 Å². The summed E-state index contributed by atoms with van der Waals surface area (Å²) < 4.78 is 4.79. The lowest BCUT2D eigenvalue weighted by Gasteiger charge is -2.07. The summed E-state index contributed by atoms with van der Waals surface area (Å²) >= 11 is 0.796. The summed E-state index contributed by atoms with van der Waals surface area (Å²) in [7, 11) is 1.31. The number of aromatic hydroxyl groups is 1. The highest BCUT2D eigenvalue weighted by Gasteiger charge is 2.16. The molecule has 1 aromatic rings. The second kappa shape index (κ2) is 4.57. The summed E-state index contributed by atoms with van der Waals surface area (Å²) in [5.41, 5.74) is -0.285. The first-order valence-electron chi connectivity index (χ1n) is 3.80. The molecule has 0 aliphatic rings. The van der Waals surface area contributed by atoms with Crippen LogP contribution in [-0.2, 0) is 0 Å². The zero-order valence-electron chi connectivity index (χ0n) is 7.72. The third-order valence-corrected chi connectivity index (χ3v) is 2.22. The molecule has 0 saturated heterocycles. The van der Waals surface area contributed by atoms with E-state index in [1.807, 2.05) is 5.40 Å². The minimum absolute atomic E-state index is 0.0349. The van der Waals surface area contributed by atoms with Crippen molar-refractivity contribution in [2.75, 3.05) is 7.11 Å². The lowest BCUT2D eigenvalue weighted by molar-refractivity contribution is 0.0692. The van der Waals surface area contributed by atoms with Crippen molar-refractivity contribution in [3.05, 3.63) is 17.7 Å².